The van der Waals surface area contributed by atoms with Crippen LogP contribution in [0.2, 0.25) is 0 Å². The average Bonchev–Trinajstić information content (AvgIpc) is 3.24. The summed E-state index contributed by atoms with van der Waals surface area (Å²) < 4.78 is 10.2. The van der Waals surface area contributed by atoms with E-state index in [0.29, 0.717) is 24.8 Å². The Morgan fingerprint density at radius 2 is 2.15 bits per heavy atom. The molecule has 2 aromatic rings. The number of carbonyl (C=O) groups is 2. The second-order valence-electron chi connectivity index (χ2n) is 6.30. The zero-order chi connectivity index (χ0) is 19.4. The van der Waals surface area contributed by atoms with Crippen molar-refractivity contribution in [2.45, 2.75) is 32.9 Å². The van der Waals surface area contributed by atoms with Gasteiger partial charge in [0.2, 0.25) is 11.8 Å². The van der Waals surface area contributed by atoms with E-state index in [1.54, 1.807) is 36.0 Å². The van der Waals surface area contributed by atoms with Gasteiger partial charge in [0.1, 0.15) is 12.3 Å². The lowest BCUT2D eigenvalue weighted by atomic mass is 10.2. The van der Waals surface area contributed by atoms with Crippen molar-refractivity contribution in [3.8, 4) is 5.75 Å². The summed E-state index contributed by atoms with van der Waals surface area (Å²) in [6.45, 7) is 4.73. The predicted octanol–water partition coefficient (Wildman–Crippen LogP) is 1.72. The van der Waals surface area contributed by atoms with Crippen LogP contribution in [-0.4, -0.2) is 53.2 Å². The number of ether oxygens (including phenoxy) is 1. The van der Waals surface area contributed by atoms with Gasteiger partial charge in [0, 0.05) is 25.2 Å². The Kier molecular flexibility index (Phi) is 5.58. The third-order valence-corrected chi connectivity index (χ3v) is 4.40. The van der Waals surface area contributed by atoms with E-state index >= 15 is 0 Å². The first kappa shape index (κ1) is 18.7. The summed E-state index contributed by atoms with van der Waals surface area (Å²) in [6, 6.07) is 6.75. The normalized spacial score (nSPS) is 16.5. The molecule has 1 atom stereocenters. The first-order valence-electron chi connectivity index (χ1n) is 8.79. The largest absolute Gasteiger partial charge is 0.497 e. The maximum atomic E-state index is 12.6. The number of urea groups is 1. The number of nitrogens with zero attached hydrogens (tertiary/aromatic N) is 4. The van der Waals surface area contributed by atoms with Crippen LogP contribution in [0.1, 0.15) is 25.1 Å². The van der Waals surface area contributed by atoms with Crippen molar-refractivity contribution in [3.05, 3.63) is 36.0 Å². The number of hydrogen-bond acceptors (Lipinski definition) is 6. The van der Waals surface area contributed by atoms with E-state index in [1.165, 1.54) is 0 Å². The number of methoxy groups -OCH3 is 1. The number of carbonyl (C=O) groups excluding carboxylic acids is 2. The van der Waals surface area contributed by atoms with E-state index in [4.69, 9.17) is 9.26 Å². The summed E-state index contributed by atoms with van der Waals surface area (Å²) in [6.07, 6.45) is 0.259. The van der Waals surface area contributed by atoms with Gasteiger partial charge in [-0.15, -0.1) is 0 Å². The van der Waals surface area contributed by atoms with Gasteiger partial charge in [-0.05, 0) is 38.1 Å². The number of nitrogens with one attached hydrogen (secondary N) is 1. The second kappa shape index (κ2) is 8.07. The smallest absolute Gasteiger partial charge is 0.318 e. The molecule has 0 spiro atoms. The SMILES string of the molecule is CCN(Cc1nc(C)no1)C(=O)NC1CC(=O)N(c2ccc(OC)cc2)C1. The van der Waals surface area contributed by atoms with Gasteiger partial charge in [0.15, 0.2) is 5.82 Å². The molecule has 1 fully saturated rings. The topological polar surface area (TPSA) is 101 Å². The van der Waals surface area contributed by atoms with Crippen LogP contribution in [-0.2, 0) is 11.3 Å². The van der Waals surface area contributed by atoms with Crippen molar-refractivity contribution in [1.82, 2.24) is 20.4 Å². The minimum absolute atomic E-state index is 0.0268. The zero-order valence-corrected chi connectivity index (χ0v) is 15.6. The molecule has 1 N–H and O–H groups in total. The predicted molar refractivity (Wildman–Crippen MR) is 97.4 cm³/mol. The van der Waals surface area contributed by atoms with Crippen molar-refractivity contribution >= 4 is 17.6 Å². The van der Waals surface area contributed by atoms with Crippen molar-refractivity contribution in [2.24, 2.45) is 0 Å². The Bertz CT molecular complexity index is 804. The van der Waals surface area contributed by atoms with Gasteiger partial charge in [0.25, 0.3) is 0 Å². The summed E-state index contributed by atoms with van der Waals surface area (Å²) in [7, 11) is 1.59. The van der Waals surface area contributed by atoms with Crippen LogP contribution in [0, 0.1) is 6.92 Å². The average molecular weight is 373 g/mol. The first-order valence-corrected chi connectivity index (χ1v) is 8.79. The molecule has 1 aromatic carbocycles. The molecule has 144 valence electrons. The Morgan fingerprint density at radius 3 is 2.74 bits per heavy atom. The van der Waals surface area contributed by atoms with Crippen molar-refractivity contribution in [2.75, 3.05) is 25.1 Å². The van der Waals surface area contributed by atoms with E-state index in [1.807, 2.05) is 19.1 Å². The van der Waals surface area contributed by atoms with Crippen LogP contribution < -0.4 is 15.0 Å². The molecule has 27 heavy (non-hydrogen) atoms. The molecular formula is C18H23N5O4. The standard InChI is InChI=1S/C18H23N5O4/c1-4-22(11-16-19-12(2)21-27-16)18(25)20-13-9-17(24)23(10-13)14-5-7-15(26-3)8-6-14/h5-8,13H,4,9-11H2,1-3H3,(H,20,25). The summed E-state index contributed by atoms with van der Waals surface area (Å²) in [5.41, 5.74) is 0.784. The number of amides is 3. The van der Waals surface area contributed by atoms with Crippen LogP contribution in [0.4, 0.5) is 10.5 Å². The fourth-order valence-electron chi connectivity index (χ4n) is 2.98. The summed E-state index contributed by atoms with van der Waals surface area (Å²) >= 11 is 0. The number of benzene rings is 1. The minimum atomic E-state index is -0.261. The Morgan fingerprint density at radius 1 is 1.41 bits per heavy atom. The van der Waals surface area contributed by atoms with E-state index < -0.39 is 0 Å². The molecule has 1 aliphatic rings. The highest BCUT2D eigenvalue weighted by atomic mass is 16.5. The first-order chi connectivity index (χ1) is 13.0. The summed E-state index contributed by atoms with van der Waals surface area (Å²) in [5, 5.41) is 6.65. The van der Waals surface area contributed by atoms with Crippen LogP contribution >= 0.6 is 0 Å². The lowest BCUT2D eigenvalue weighted by Gasteiger charge is -2.22. The Hall–Kier alpha value is -3.10. The molecule has 1 unspecified atom stereocenters. The number of aryl methyl sites for hydroxylation is 1. The zero-order valence-electron chi connectivity index (χ0n) is 15.6. The molecule has 9 heteroatoms. The summed E-state index contributed by atoms with van der Waals surface area (Å²) in [5.74, 6) is 1.61. The van der Waals surface area contributed by atoms with Gasteiger partial charge in [-0.2, -0.15) is 4.98 Å². The summed E-state index contributed by atoms with van der Waals surface area (Å²) in [4.78, 5) is 32.3. The molecule has 0 radical (unpaired) electrons. The third kappa shape index (κ3) is 4.36. The molecule has 3 amide bonds. The molecule has 0 aliphatic carbocycles. The second-order valence-corrected chi connectivity index (χ2v) is 6.30. The lowest BCUT2D eigenvalue weighted by Crippen LogP contribution is -2.45. The van der Waals surface area contributed by atoms with Gasteiger partial charge in [-0.1, -0.05) is 5.16 Å². The molecule has 2 heterocycles. The highest BCUT2D eigenvalue weighted by molar-refractivity contribution is 5.96. The fourth-order valence-corrected chi connectivity index (χ4v) is 2.98. The van der Waals surface area contributed by atoms with Crippen LogP contribution in [0.25, 0.3) is 0 Å². The molecule has 1 aromatic heterocycles. The number of hydrogen-bond donors (Lipinski definition) is 1. The lowest BCUT2D eigenvalue weighted by molar-refractivity contribution is -0.117. The Labute approximate surface area is 157 Å². The molecule has 0 saturated carbocycles. The maximum absolute atomic E-state index is 12.6. The van der Waals surface area contributed by atoms with E-state index in [0.717, 1.165) is 11.4 Å². The van der Waals surface area contributed by atoms with Crippen LogP contribution in [0.15, 0.2) is 28.8 Å². The van der Waals surface area contributed by atoms with E-state index in [-0.39, 0.29) is 30.9 Å². The quantitative estimate of drug-likeness (QED) is 0.827. The van der Waals surface area contributed by atoms with Crippen LogP contribution in [0.5, 0.6) is 5.75 Å². The molecule has 1 aliphatic heterocycles. The van der Waals surface area contributed by atoms with Gasteiger partial charge in [0.05, 0.1) is 13.2 Å². The minimum Gasteiger partial charge on any atom is -0.497 e. The molecule has 0 bridgehead atoms. The van der Waals surface area contributed by atoms with Crippen molar-refractivity contribution in [1.29, 1.82) is 0 Å². The molecular weight excluding hydrogens is 350 g/mol. The highest BCUT2D eigenvalue weighted by Crippen LogP contribution is 2.24. The monoisotopic (exact) mass is 373 g/mol. The van der Waals surface area contributed by atoms with Gasteiger partial charge in [-0.25, -0.2) is 4.79 Å². The van der Waals surface area contributed by atoms with E-state index in [9.17, 15) is 9.59 Å². The number of anilines is 1. The van der Waals surface area contributed by atoms with Crippen molar-refractivity contribution in [3.63, 3.8) is 0 Å². The number of aromatic nitrogens is 2. The maximum Gasteiger partial charge on any atom is 0.318 e. The Balaban J connectivity index is 1.59. The van der Waals surface area contributed by atoms with Gasteiger partial charge < -0.3 is 24.4 Å². The number of rotatable bonds is 6. The van der Waals surface area contributed by atoms with E-state index in [2.05, 4.69) is 15.5 Å². The molecule has 3 rings (SSSR count). The molecule has 1 saturated heterocycles. The molecule has 9 nitrogen and oxygen atoms in total. The highest BCUT2D eigenvalue weighted by Gasteiger charge is 2.32. The third-order valence-electron chi connectivity index (χ3n) is 4.40. The van der Waals surface area contributed by atoms with Gasteiger partial charge >= 0.3 is 6.03 Å². The fraction of sp³-hybridized carbons (Fsp3) is 0.444. The van der Waals surface area contributed by atoms with Crippen molar-refractivity contribution < 1.29 is 18.8 Å². The van der Waals surface area contributed by atoms with Gasteiger partial charge in [-0.3, -0.25) is 4.79 Å². The van der Waals surface area contributed by atoms with Crippen LogP contribution in [0.3, 0.4) is 0 Å².